The summed E-state index contributed by atoms with van der Waals surface area (Å²) in [7, 11) is 0. The molecule has 1 atom stereocenters. The highest BCUT2D eigenvalue weighted by molar-refractivity contribution is 5.97. The number of amides is 3. The maximum Gasteiger partial charge on any atom is 0.253 e. The Balaban J connectivity index is 1.82. The molecule has 0 N–H and O–H groups in total. The van der Waals surface area contributed by atoms with Crippen molar-refractivity contribution in [1.29, 1.82) is 0 Å². The lowest BCUT2D eigenvalue weighted by atomic mass is 10.0. The van der Waals surface area contributed by atoms with Gasteiger partial charge in [-0.1, -0.05) is 19.9 Å². The first-order chi connectivity index (χ1) is 12.8. The molecule has 0 saturated carbocycles. The smallest absolute Gasteiger partial charge is 0.253 e. The second-order valence-corrected chi connectivity index (χ2v) is 8.12. The number of nitrogens with zero attached hydrogens (tertiary/aromatic N) is 3. The Morgan fingerprint density at radius 3 is 2.56 bits per heavy atom. The van der Waals surface area contributed by atoms with Crippen LogP contribution in [0, 0.1) is 19.8 Å². The van der Waals surface area contributed by atoms with Crippen LogP contribution in [0.5, 0.6) is 0 Å². The fraction of sp³-hybridized carbons (Fsp3) is 0.571. The van der Waals surface area contributed by atoms with Gasteiger partial charge in [-0.05, 0) is 49.4 Å². The fourth-order valence-electron chi connectivity index (χ4n) is 3.88. The molecule has 0 spiro atoms. The minimum absolute atomic E-state index is 0.0132. The van der Waals surface area contributed by atoms with E-state index in [4.69, 9.17) is 0 Å². The van der Waals surface area contributed by atoms with Crippen molar-refractivity contribution in [3.8, 4) is 0 Å². The second-order valence-electron chi connectivity index (χ2n) is 8.12. The van der Waals surface area contributed by atoms with E-state index in [-0.39, 0.29) is 30.8 Å². The Bertz CT molecular complexity index is 759. The molecule has 0 bridgehead atoms. The second kappa shape index (κ2) is 7.71. The number of benzene rings is 1. The van der Waals surface area contributed by atoms with E-state index in [1.807, 2.05) is 45.9 Å². The van der Waals surface area contributed by atoms with Gasteiger partial charge in [-0.15, -0.1) is 0 Å². The Hall–Kier alpha value is -2.37. The molecule has 2 heterocycles. The zero-order chi connectivity index (χ0) is 19.7. The van der Waals surface area contributed by atoms with Gasteiger partial charge in [-0.2, -0.15) is 0 Å². The fourth-order valence-corrected chi connectivity index (χ4v) is 3.88. The van der Waals surface area contributed by atoms with Gasteiger partial charge in [0, 0.05) is 25.2 Å². The molecule has 27 heavy (non-hydrogen) atoms. The lowest BCUT2D eigenvalue weighted by Crippen LogP contribution is -2.62. The molecule has 2 aliphatic rings. The molecule has 146 valence electrons. The normalized spacial score (nSPS) is 20.8. The Morgan fingerprint density at radius 1 is 1.15 bits per heavy atom. The number of hydrogen-bond acceptors (Lipinski definition) is 3. The predicted molar refractivity (Wildman–Crippen MR) is 103 cm³/mol. The first kappa shape index (κ1) is 19.4. The number of rotatable bonds is 3. The summed E-state index contributed by atoms with van der Waals surface area (Å²) >= 11 is 0. The maximum atomic E-state index is 13.0. The Morgan fingerprint density at radius 2 is 1.89 bits per heavy atom. The molecule has 1 unspecified atom stereocenters. The van der Waals surface area contributed by atoms with Crippen LogP contribution in [0.25, 0.3) is 0 Å². The number of fused-ring (bicyclic) bond motifs is 1. The summed E-state index contributed by atoms with van der Waals surface area (Å²) in [6.45, 7) is 10.2. The van der Waals surface area contributed by atoms with E-state index in [2.05, 4.69) is 0 Å². The molecular formula is C21H29N3O3. The van der Waals surface area contributed by atoms with Crippen LogP contribution in [-0.2, 0) is 9.59 Å². The molecule has 1 aromatic rings. The van der Waals surface area contributed by atoms with E-state index in [0.29, 0.717) is 37.5 Å². The van der Waals surface area contributed by atoms with E-state index < -0.39 is 6.04 Å². The van der Waals surface area contributed by atoms with Gasteiger partial charge < -0.3 is 14.7 Å². The van der Waals surface area contributed by atoms with Crippen molar-refractivity contribution in [1.82, 2.24) is 14.7 Å². The molecule has 3 amide bonds. The summed E-state index contributed by atoms with van der Waals surface area (Å²) in [5.74, 6) is 0.178. The third-order valence-corrected chi connectivity index (χ3v) is 5.47. The molecule has 2 fully saturated rings. The van der Waals surface area contributed by atoms with Crippen LogP contribution in [0.3, 0.4) is 0 Å². The number of carbonyl (C=O) groups excluding carboxylic acids is 3. The molecule has 1 aromatic carbocycles. The predicted octanol–water partition coefficient (Wildman–Crippen LogP) is 1.84. The monoisotopic (exact) mass is 371 g/mol. The minimum atomic E-state index is -0.567. The van der Waals surface area contributed by atoms with Crippen LogP contribution >= 0.6 is 0 Å². The number of hydrogen-bond donors (Lipinski definition) is 0. The summed E-state index contributed by atoms with van der Waals surface area (Å²) in [5.41, 5.74) is 2.86. The van der Waals surface area contributed by atoms with Crippen LogP contribution in [0.4, 0.5) is 0 Å². The molecule has 0 radical (unpaired) electrons. The third kappa shape index (κ3) is 3.99. The summed E-state index contributed by atoms with van der Waals surface area (Å²) in [5, 5.41) is 0. The number of piperazine rings is 1. The van der Waals surface area contributed by atoms with Crippen LogP contribution < -0.4 is 0 Å². The molecule has 0 aromatic heterocycles. The zero-order valence-electron chi connectivity index (χ0n) is 16.7. The molecule has 2 aliphatic heterocycles. The molecule has 6 heteroatoms. The Labute approximate surface area is 161 Å². The van der Waals surface area contributed by atoms with Crippen molar-refractivity contribution < 1.29 is 14.4 Å². The van der Waals surface area contributed by atoms with Gasteiger partial charge in [0.15, 0.2) is 0 Å². The lowest BCUT2D eigenvalue weighted by Gasteiger charge is -2.40. The van der Waals surface area contributed by atoms with Crippen molar-refractivity contribution in [2.45, 2.75) is 40.2 Å². The van der Waals surface area contributed by atoms with Gasteiger partial charge in [0.05, 0.1) is 13.1 Å². The van der Waals surface area contributed by atoms with Crippen molar-refractivity contribution >= 4 is 17.7 Å². The summed E-state index contributed by atoms with van der Waals surface area (Å²) in [6.07, 6.45) is 0.691. The van der Waals surface area contributed by atoms with Crippen LogP contribution in [0.2, 0.25) is 0 Å². The quantitative estimate of drug-likeness (QED) is 0.815. The largest absolute Gasteiger partial charge is 0.336 e. The summed E-state index contributed by atoms with van der Waals surface area (Å²) < 4.78 is 0. The molecular weight excluding hydrogens is 342 g/mol. The highest BCUT2D eigenvalue weighted by Gasteiger charge is 2.42. The van der Waals surface area contributed by atoms with E-state index in [9.17, 15) is 14.4 Å². The maximum absolute atomic E-state index is 13.0. The highest BCUT2D eigenvalue weighted by Crippen LogP contribution is 2.21. The molecule has 3 rings (SSSR count). The van der Waals surface area contributed by atoms with Gasteiger partial charge in [-0.3, -0.25) is 14.4 Å². The van der Waals surface area contributed by atoms with Gasteiger partial charge in [0.1, 0.15) is 6.04 Å². The van der Waals surface area contributed by atoms with Crippen LogP contribution in [0.15, 0.2) is 18.2 Å². The van der Waals surface area contributed by atoms with Crippen LogP contribution in [0.1, 0.15) is 41.8 Å². The third-order valence-electron chi connectivity index (χ3n) is 5.47. The first-order valence-corrected chi connectivity index (χ1v) is 9.72. The van der Waals surface area contributed by atoms with E-state index >= 15 is 0 Å². The first-order valence-electron chi connectivity index (χ1n) is 9.72. The van der Waals surface area contributed by atoms with Gasteiger partial charge in [0.2, 0.25) is 11.8 Å². The standard InChI is InChI=1S/C21H29N3O3/c1-14(2)11-23-13-19(25)24-9-5-8-22(12-18(24)21(23)27)20(26)17-7-6-15(3)16(4)10-17/h6-7,10,14,18H,5,8-9,11-13H2,1-4H3. The Kier molecular flexibility index (Phi) is 5.53. The summed E-state index contributed by atoms with van der Waals surface area (Å²) in [6, 6.07) is 5.13. The SMILES string of the molecule is Cc1ccc(C(=O)N2CCCN3C(=O)CN(CC(C)C)C(=O)C3C2)cc1C. The van der Waals surface area contributed by atoms with E-state index in [0.717, 1.165) is 11.1 Å². The van der Waals surface area contributed by atoms with Crippen molar-refractivity contribution in [3.05, 3.63) is 34.9 Å². The number of carbonyl (C=O) groups is 3. The highest BCUT2D eigenvalue weighted by atomic mass is 16.2. The average Bonchev–Trinajstić information content (AvgIpc) is 2.84. The van der Waals surface area contributed by atoms with Crippen molar-refractivity contribution in [2.24, 2.45) is 5.92 Å². The van der Waals surface area contributed by atoms with Gasteiger partial charge in [0.25, 0.3) is 5.91 Å². The molecule has 0 aliphatic carbocycles. The lowest BCUT2D eigenvalue weighted by molar-refractivity contribution is -0.156. The zero-order valence-corrected chi connectivity index (χ0v) is 16.7. The van der Waals surface area contributed by atoms with Gasteiger partial charge >= 0.3 is 0 Å². The minimum Gasteiger partial charge on any atom is -0.336 e. The van der Waals surface area contributed by atoms with Crippen molar-refractivity contribution in [3.63, 3.8) is 0 Å². The van der Waals surface area contributed by atoms with Gasteiger partial charge in [-0.25, -0.2) is 0 Å². The van der Waals surface area contributed by atoms with Crippen molar-refractivity contribution in [2.75, 3.05) is 32.7 Å². The molecule has 2 saturated heterocycles. The van der Waals surface area contributed by atoms with E-state index in [1.165, 1.54) is 0 Å². The molecule has 6 nitrogen and oxygen atoms in total. The van der Waals surface area contributed by atoms with Crippen LogP contribution in [-0.4, -0.2) is 71.2 Å². The topological polar surface area (TPSA) is 60.9 Å². The van der Waals surface area contributed by atoms with E-state index in [1.54, 1.807) is 14.7 Å². The average molecular weight is 371 g/mol. The number of aryl methyl sites for hydroxylation is 2. The summed E-state index contributed by atoms with van der Waals surface area (Å²) in [4.78, 5) is 43.7.